The van der Waals surface area contributed by atoms with Crippen molar-refractivity contribution in [3.05, 3.63) is 24.3 Å². The molecule has 1 aliphatic heterocycles. The summed E-state index contributed by atoms with van der Waals surface area (Å²) in [6.07, 6.45) is 0. The summed E-state index contributed by atoms with van der Waals surface area (Å²) in [4.78, 5) is 16.0. The third-order valence-electron chi connectivity index (χ3n) is 3.83. The van der Waals surface area contributed by atoms with Crippen molar-refractivity contribution in [2.45, 2.75) is 13.0 Å². The standard InChI is InChI=1S/C15H22N2O3/c1-12(15(18)20-3)16-8-10-17(11-9-16)13-6-4-5-7-14(13)19-2/h4-7,12H,8-11H2,1-3H3/t12-/m1/s1. The minimum atomic E-state index is -0.181. The van der Waals surface area contributed by atoms with E-state index in [0.29, 0.717) is 0 Å². The van der Waals surface area contributed by atoms with Crippen LogP contribution in [0, 0.1) is 0 Å². The number of anilines is 1. The minimum absolute atomic E-state index is 0.171. The summed E-state index contributed by atoms with van der Waals surface area (Å²) in [7, 11) is 3.12. The highest BCUT2D eigenvalue weighted by Gasteiger charge is 2.26. The van der Waals surface area contributed by atoms with E-state index >= 15 is 0 Å². The van der Waals surface area contributed by atoms with Crippen LogP contribution in [0.15, 0.2) is 24.3 Å². The van der Waals surface area contributed by atoms with Crippen LogP contribution in [0.5, 0.6) is 5.75 Å². The summed E-state index contributed by atoms with van der Waals surface area (Å²) in [5, 5.41) is 0. The summed E-state index contributed by atoms with van der Waals surface area (Å²) in [6, 6.07) is 7.84. The number of hydrogen-bond donors (Lipinski definition) is 0. The number of carbonyl (C=O) groups is 1. The van der Waals surface area contributed by atoms with Crippen LogP contribution >= 0.6 is 0 Å². The number of carbonyl (C=O) groups excluding carboxylic acids is 1. The number of piperazine rings is 1. The van der Waals surface area contributed by atoms with Crippen molar-refractivity contribution >= 4 is 11.7 Å². The molecule has 1 heterocycles. The molecule has 0 amide bonds. The van der Waals surface area contributed by atoms with Crippen LogP contribution in [0.4, 0.5) is 5.69 Å². The van der Waals surface area contributed by atoms with E-state index in [9.17, 15) is 4.79 Å². The summed E-state index contributed by atoms with van der Waals surface area (Å²) >= 11 is 0. The van der Waals surface area contributed by atoms with Gasteiger partial charge in [0.15, 0.2) is 0 Å². The maximum Gasteiger partial charge on any atom is 0.322 e. The van der Waals surface area contributed by atoms with Gasteiger partial charge in [0.05, 0.1) is 19.9 Å². The highest BCUT2D eigenvalue weighted by Crippen LogP contribution is 2.28. The van der Waals surface area contributed by atoms with Gasteiger partial charge in [-0.15, -0.1) is 0 Å². The first-order valence-electron chi connectivity index (χ1n) is 6.87. The van der Waals surface area contributed by atoms with E-state index < -0.39 is 0 Å². The van der Waals surface area contributed by atoms with Crippen LogP contribution in [0.2, 0.25) is 0 Å². The van der Waals surface area contributed by atoms with Crippen LogP contribution in [-0.2, 0) is 9.53 Å². The van der Waals surface area contributed by atoms with Gasteiger partial charge in [0, 0.05) is 26.2 Å². The largest absolute Gasteiger partial charge is 0.495 e. The van der Waals surface area contributed by atoms with E-state index in [4.69, 9.17) is 9.47 Å². The van der Waals surface area contributed by atoms with Crippen molar-refractivity contribution in [2.24, 2.45) is 0 Å². The Bertz CT molecular complexity index is 456. The van der Waals surface area contributed by atoms with Crippen LogP contribution < -0.4 is 9.64 Å². The number of methoxy groups -OCH3 is 2. The van der Waals surface area contributed by atoms with Crippen LogP contribution in [0.3, 0.4) is 0 Å². The molecule has 0 aromatic heterocycles. The van der Waals surface area contributed by atoms with Gasteiger partial charge in [-0.1, -0.05) is 12.1 Å². The molecule has 1 aromatic carbocycles. The Morgan fingerprint density at radius 2 is 1.80 bits per heavy atom. The fourth-order valence-corrected chi connectivity index (χ4v) is 2.56. The summed E-state index contributed by atoms with van der Waals surface area (Å²) < 4.78 is 10.2. The fraction of sp³-hybridized carbons (Fsp3) is 0.533. The van der Waals surface area contributed by atoms with Crippen molar-refractivity contribution in [3.63, 3.8) is 0 Å². The first kappa shape index (κ1) is 14.7. The molecule has 1 atom stereocenters. The monoisotopic (exact) mass is 278 g/mol. The normalized spacial score (nSPS) is 17.6. The summed E-state index contributed by atoms with van der Waals surface area (Å²) in [6.45, 7) is 5.33. The number of nitrogens with zero attached hydrogens (tertiary/aromatic N) is 2. The molecule has 0 radical (unpaired) electrons. The lowest BCUT2D eigenvalue weighted by Gasteiger charge is -2.38. The van der Waals surface area contributed by atoms with Crippen molar-refractivity contribution in [1.82, 2.24) is 4.90 Å². The second-order valence-electron chi connectivity index (χ2n) is 4.89. The zero-order chi connectivity index (χ0) is 14.5. The van der Waals surface area contributed by atoms with Crippen molar-refractivity contribution in [2.75, 3.05) is 45.3 Å². The molecule has 0 saturated carbocycles. The SMILES string of the molecule is COC(=O)[C@@H](C)N1CCN(c2ccccc2OC)CC1. The van der Waals surface area contributed by atoms with Gasteiger partial charge in [-0.05, 0) is 19.1 Å². The Kier molecular flexibility index (Phi) is 4.84. The number of benzene rings is 1. The third-order valence-corrected chi connectivity index (χ3v) is 3.83. The minimum Gasteiger partial charge on any atom is -0.495 e. The molecule has 2 rings (SSSR count). The molecule has 0 aliphatic carbocycles. The molecule has 1 aliphatic rings. The molecule has 1 saturated heterocycles. The van der Waals surface area contributed by atoms with Gasteiger partial charge in [-0.2, -0.15) is 0 Å². The third kappa shape index (κ3) is 3.04. The van der Waals surface area contributed by atoms with Gasteiger partial charge < -0.3 is 14.4 Å². The van der Waals surface area contributed by atoms with Gasteiger partial charge in [-0.3, -0.25) is 9.69 Å². The van der Waals surface area contributed by atoms with Crippen molar-refractivity contribution < 1.29 is 14.3 Å². The number of hydrogen-bond acceptors (Lipinski definition) is 5. The van der Waals surface area contributed by atoms with Crippen LogP contribution in [0.1, 0.15) is 6.92 Å². The number of para-hydroxylation sites is 2. The van der Waals surface area contributed by atoms with E-state index in [2.05, 4.69) is 15.9 Å². The number of rotatable bonds is 4. The van der Waals surface area contributed by atoms with Gasteiger partial charge >= 0.3 is 5.97 Å². The molecule has 0 spiro atoms. The zero-order valence-electron chi connectivity index (χ0n) is 12.3. The molecule has 0 N–H and O–H groups in total. The Balaban J connectivity index is 1.99. The highest BCUT2D eigenvalue weighted by molar-refractivity contribution is 5.75. The maximum absolute atomic E-state index is 11.6. The Morgan fingerprint density at radius 1 is 1.15 bits per heavy atom. The molecule has 5 heteroatoms. The molecule has 0 bridgehead atoms. The van der Waals surface area contributed by atoms with Gasteiger partial charge in [0.1, 0.15) is 11.8 Å². The van der Waals surface area contributed by atoms with E-state index in [1.165, 1.54) is 7.11 Å². The highest BCUT2D eigenvalue weighted by atomic mass is 16.5. The van der Waals surface area contributed by atoms with Crippen LogP contribution in [-0.4, -0.2) is 57.3 Å². The molecule has 0 unspecified atom stereocenters. The second-order valence-corrected chi connectivity index (χ2v) is 4.89. The van der Waals surface area contributed by atoms with Crippen LogP contribution in [0.25, 0.3) is 0 Å². The Labute approximate surface area is 120 Å². The number of ether oxygens (including phenoxy) is 2. The average Bonchev–Trinajstić information content (AvgIpc) is 2.53. The quantitative estimate of drug-likeness (QED) is 0.778. The molecule has 5 nitrogen and oxygen atoms in total. The lowest BCUT2D eigenvalue weighted by atomic mass is 10.2. The first-order chi connectivity index (χ1) is 9.67. The molecular weight excluding hydrogens is 256 g/mol. The Hall–Kier alpha value is -1.75. The number of esters is 1. The second kappa shape index (κ2) is 6.61. The Morgan fingerprint density at radius 3 is 2.40 bits per heavy atom. The van der Waals surface area contributed by atoms with Gasteiger partial charge in [-0.25, -0.2) is 0 Å². The van der Waals surface area contributed by atoms with E-state index in [-0.39, 0.29) is 12.0 Å². The predicted octanol–water partition coefficient (Wildman–Crippen LogP) is 1.38. The predicted molar refractivity (Wildman–Crippen MR) is 78.3 cm³/mol. The lowest BCUT2D eigenvalue weighted by molar-refractivity contribution is -0.146. The van der Waals surface area contributed by atoms with Crippen molar-refractivity contribution in [3.8, 4) is 5.75 Å². The first-order valence-corrected chi connectivity index (χ1v) is 6.87. The molecule has 20 heavy (non-hydrogen) atoms. The maximum atomic E-state index is 11.6. The molecule has 1 aromatic rings. The smallest absolute Gasteiger partial charge is 0.322 e. The van der Waals surface area contributed by atoms with Crippen molar-refractivity contribution in [1.29, 1.82) is 0 Å². The molecule has 1 fully saturated rings. The van der Waals surface area contributed by atoms with E-state index in [1.54, 1.807) is 7.11 Å². The summed E-state index contributed by atoms with van der Waals surface area (Å²) in [5.74, 6) is 0.720. The topological polar surface area (TPSA) is 42.0 Å². The van der Waals surface area contributed by atoms with E-state index in [0.717, 1.165) is 37.6 Å². The molecule has 110 valence electrons. The lowest BCUT2D eigenvalue weighted by Crippen LogP contribution is -2.52. The fourth-order valence-electron chi connectivity index (χ4n) is 2.56. The molecular formula is C15H22N2O3. The van der Waals surface area contributed by atoms with Gasteiger partial charge in [0.2, 0.25) is 0 Å². The summed E-state index contributed by atoms with van der Waals surface area (Å²) in [5.41, 5.74) is 1.11. The van der Waals surface area contributed by atoms with E-state index in [1.807, 2.05) is 25.1 Å². The van der Waals surface area contributed by atoms with Gasteiger partial charge in [0.25, 0.3) is 0 Å². The zero-order valence-corrected chi connectivity index (χ0v) is 12.3. The average molecular weight is 278 g/mol.